The predicted molar refractivity (Wildman–Crippen MR) is 119 cm³/mol. The molecule has 0 radical (unpaired) electrons. The van der Waals surface area contributed by atoms with Gasteiger partial charge in [0.2, 0.25) is 0 Å². The van der Waals surface area contributed by atoms with E-state index in [2.05, 4.69) is 0 Å². The molecule has 1 aromatic heterocycles. The number of aromatic hydroxyl groups is 1. The molecule has 2 N–H and O–H groups in total. The number of furan rings is 1. The van der Waals surface area contributed by atoms with Gasteiger partial charge in [0.1, 0.15) is 29.1 Å². The van der Waals surface area contributed by atoms with Crippen molar-refractivity contribution in [3.8, 4) is 11.5 Å². The van der Waals surface area contributed by atoms with Gasteiger partial charge in [-0.15, -0.1) is 0 Å². The predicted octanol–water partition coefficient (Wildman–Crippen LogP) is 4.71. The first-order chi connectivity index (χ1) is 15.4. The van der Waals surface area contributed by atoms with Crippen LogP contribution in [0.3, 0.4) is 0 Å². The fraction of sp³-hybridized carbons (Fsp3) is 0.200. The molecule has 7 nitrogen and oxygen atoms in total. The average molecular weight is 433 g/mol. The number of aryl methyl sites for hydroxylation is 1. The second-order valence-electron chi connectivity index (χ2n) is 7.55. The highest BCUT2D eigenvalue weighted by molar-refractivity contribution is 6.51. The molecule has 2 heterocycles. The van der Waals surface area contributed by atoms with E-state index in [4.69, 9.17) is 9.15 Å². The molecule has 32 heavy (non-hydrogen) atoms. The zero-order valence-corrected chi connectivity index (χ0v) is 17.7. The number of amides is 1. The number of hydrogen-bond donors (Lipinski definition) is 2. The Kier molecular flexibility index (Phi) is 5.73. The smallest absolute Gasteiger partial charge is 0.300 e. The number of hydrogen-bond acceptors (Lipinski definition) is 6. The number of benzene rings is 2. The van der Waals surface area contributed by atoms with Gasteiger partial charge in [-0.2, -0.15) is 0 Å². The Hall–Kier alpha value is -4.00. The molecule has 164 valence electrons. The number of ketones is 1. The Balaban J connectivity index is 1.84. The van der Waals surface area contributed by atoms with Crippen LogP contribution in [-0.2, 0) is 9.59 Å². The lowest BCUT2D eigenvalue weighted by atomic mass is 9.99. The summed E-state index contributed by atoms with van der Waals surface area (Å²) in [7, 11) is 0. The molecular formula is C25H23NO6. The lowest BCUT2D eigenvalue weighted by Gasteiger charge is -2.24. The van der Waals surface area contributed by atoms with Crippen molar-refractivity contribution in [2.24, 2.45) is 0 Å². The summed E-state index contributed by atoms with van der Waals surface area (Å²) in [6, 6.07) is 13.6. The number of rotatable bonds is 6. The highest BCUT2D eigenvalue weighted by atomic mass is 16.5. The number of carbonyl (C=O) groups is 2. The molecule has 1 unspecified atom stereocenters. The van der Waals surface area contributed by atoms with Gasteiger partial charge in [0.15, 0.2) is 0 Å². The number of ether oxygens (including phenoxy) is 1. The number of carbonyl (C=O) groups excluding carboxylic acids is 2. The van der Waals surface area contributed by atoms with Crippen molar-refractivity contribution in [3.63, 3.8) is 0 Å². The number of Topliss-reactive ketones (excluding diaryl/α,β-unsaturated/α-hetero) is 1. The van der Waals surface area contributed by atoms with Crippen LogP contribution in [0.1, 0.15) is 36.3 Å². The van der Waals surface area contributed by atoms with Gasteiger partial charge in [-0.3, -0.25) is 14.5 Å². The standard InChI is InChI=1S/C25H23NO6/c1-3-12-31-17-9-7-16(8-10-17)23(28)21-22(20-5-4-13-32-20)26(25(30)24(21)29)18-14-15(2)6-11-19(18)27/h4-11,13-14,22,27-28H,3,12H2,1-2H3/b23-21-. The molecule has 3 aromatic rings. The summed E-state index contributed by atoms with van der Waals surface area (Å²) in [5.74, 6) is -1.30. The van der Waals surface area contributed by atoms with Crippen molar-refractivity contribution in [3.05, 3.63) is 83.3 Å². The Morgan fingerprint density at radius 3 is 2.53 bits per heavy atom. The van der Waals surface area contributed by atoms with E-state index in [0.29, 0.717) is 17.9 Å². The number of phenols is 1. The highest BCUT2D eigenvalue weighted by Gasteiger charge is 2.49. The van der Waals surface area contributed by atoms with Gasteiger partial charge in [-0.25, -0.2) is 0 Å². The van der Waals surface area contributed by atoms with Gasteiger partial charge in [0.25, 0.3) is 11.7 Å². The van der Waals surface area contributed by atoms with Crippen LogP contribution in [0.4, 0.5) is 5.69 Å². The molecule has 0 spiro atoms. The Bertz CT molecular complexity index is 1180. The molecule has 1 fully saturated rings. The van der Waals surface area contributed by atoms with Crippen LogP contribution in [0.15, 0.2) is 70.9 Å². The maximum absolute atomic E-state index is 13.1. The van der Waals surface area contributed by atoms with Crippen LogP contribution in [0.5, 0.6) is 11.5 Å². The summed E-state index contributed by atoms with van der Waals surface area (Å²) in [5, 5.41) is 21.5. The van der Waals surface area contributed by atoms with Gasteiger partial charge in [0.05, 0.1) is 24.1 Å². The average Bonchev–Trinajstić information content (AvgIpc) is 3.41. The first-order valence-corrected chi connectivity index (χ1v) is 10.3. The third kappa shape index (κ3) is 3.73. The van der Waals surface area contributed by atoms with E-state index in [0.717, 1.165) is 16.9 Å². The van der Waals surface area contributed by atoms with Crippen molar-refractivity contribution >= 4 is 23.1 Å². The van der Waals surface area contributed by atoms with Crippen LogP contribution >= 0.6 is 0 Å². The Morgan fingerprint density at radius 2 is 1.88 bits per heavy atom. The number of anilines is 1. The molecule has 1 aliphatic rings. The van der Waals surface area contributed by atoms with E-state index in [1.54, 1.807) is 48.5 Å². The number of aliphatic hydroxyl groups excluding tert-OH is 1. The van der Waals surface area contributed by atoms with Crippen molar-refractivity contribution < 1.29 is 29.0 Å². The van der Waals surface area contributed by atoms with Crippen LogP contribution in [-0.4, -0.2) is 28.5 Å². The van der Waals surface area contributed by atoms with Crippen LogP contribution in [0, 0.1) is 6.92 Å². The summed E-state index contributed by atoms with van der Waals surface area (Å²) < 4.78 is 11.1. The molecule has 1 atom stereocenters. The summed E-state index contributed by atoms with van der Waals surface area (Å²) in [5.41, 5.74) is 1.20. The van der Waals surface area contributed by atoms with E-state index in [1.807, 2.05) is 13.8 Å². The van der Waals surface area contributed by atoms with Crippen molar-refractivity contribution in [1.82, 2.24) is 0 Å². The molecule has 7 heteroatoms. The van der Waals surface area contributed by atoms with Crippen LogP contribution < -0.4 is 9.64 Å². The van der Waals surface area contributed by atoms with Gasteiger partial charge in [0, 0.05) is 5.56 Å². The quantitative estimate of drug-likeness (QED) is 0.332. The lowest BCUT2D eigenvalue weighted by Crippen LogP contribution is -2.29. The van der Waals surface area contributed by atoms with E-state index >= 15 is 0 Å². The lowest BCUT2D eigenvalue weighted by molar-refractivity contribution is -0.132. The van der Waals surface area contributed by atoms with Gasteiger partial charge in [-0.1, -0.05) is 13.0 Å². The van der Waals surface area contributed by atoms with Gasteiger partial charge >= 0.3 is 0 Å². The third-order valence-corrected chi connectivity index (χ3v) is 5.25. The van der Waals surface area contributed by atoms with Gasteiger partial charge < -0.3 is 19.4 Å². The fourth-order valence-corrected chi connectivity index (χ4v) is 3.71. The van der Waals surface area contributed by atoms with Crippen LogP contribution in [0.25, 0.3) is 5.76 Å². The first kappa shape index (κ1) is 21.2. The molecular weight excluding hydrogens is 410 g/mol. The fourth-order valence-electron chi connectivity index (χ4n) is 3.71. The minimum absolute atomic E-state index is 0.118. The molecule has 2 aromatic carbocycles. The Labute approximate surface area is 185 Å². The Morgan fingerprint density at radius 1 is 1.12 bits per heavy atom. The van der Waals surface area contributed by atoms with Crippen LogP contribution in [0.2, 0.25) is 0 Å². The summed E-state index contributed by atoms with van der Waals surface area (Å²) in [6.07, 6.45) is 2.28. The zero-order valence-electron chi connectivity index (χ0n) is 17.7. The SMILES string of the molecule is CCCOc1ccc(/C(O)=C2/C(=O)C(=O)N(c3cc(C)ccc3O)C2c2ccco2)cc1. The largest absolute Gasteiger partial charge is 0.507 e. The maximum Gasteiger partial charge on any atom is 0.300 e. The van der Waals surface area contributed by atoms with Gasteiger partial charge in [-0.05, 0) is 67.4 Å². The molecule has 1 aliphatic heterocycles. The second kappa shape index (κ2) is 8.63. The van der Waals surface area contributed by atoms with E-state index in [9.17, 15) is 19.8 Å². The van der Waals surface area contributed by atoms with E-state index in [1.165, 1.54) is 12.3 Å². The molecule has 1 saturated heterocycles. The number of nitrogens with zero attached hydrogens (tertiary/aromatic N) is 1. The normalized spacial score (nSPS) is 17.7. The van der Waals surface area contributed by atoms with E-state index < -0.39 is 17.7 Å². The van der Waals surface area contributed by atoms with Crippen molar-refractivity contribution in [1.29, 1.82) is 0 Å². The molecule has 0 bridgehead atoms. The van der Waals surface area contributed by atoms with Crippen molar-refractivity contribution in [2.75, 3.05) is 11.5 Å². The minimum atomic E-state index is -1.03. The summed E-state index contributed by atoms with van der Waals surface area (Å²) in [4.78, 5) is 27.3. The summed E-state index contributed by atoms with van der Waals surface area (Å²) >= 11 is 0. The third-order valence-electron chi connectivity index (χ3n) is 5.25. The topological polar surface area (TPSA) is 100 Å². The second-order valence-corrected chi connectivity index (χ2v) is 7.55. The molecule has 0 aliphatic carbocycles. The first-order valence-electron chi connectivity index (χ1n) is 10.3. The highest BCUT2D eigenvalue weighted by Crippen LogP contribution is 2.45. The van der Waals surface area contributed by atoms with Crippen molar-refractivity contribution in [2.45, 2.75) is 26.3 Å². The molecule has 1 amide bonds. The van der Waals surface area contributed by atoms with E-state index in [-0.39, 0.29) is 28.5 Å². The molecule has 4 rings (SSSR count). The number of aliphatic hydroxyl groups is 1. The zero-order chi connectivity index (χ0) is 22.8. The summed E-state index contributed by atoms with van der Waals surface area (Å²) in [6.45, 7) is 4.37. The maximum atomic E-state index is 13.1. The minimum Gasteiger partial charge on any atom is -0.507 e. The monoisotopic (exact) mass is 433 g/mol. The molecule has 0 saturated carbocycles. The number of phenolic OH excluding ortho intramolecular Hbond substituents is 1.